The van der Waals surface area contributed by atoms with Crippen LogP contribution in [-0.4, -0.2) is 73.4 Å². The number of carbonyl (C=O) groups excluding carboxylic acids is 1. The maximum absolute atomic E-state index is 12.9. The van der Waals surface area contributed by atoms with Gasteiger partial charge in [-0.2, -0.15) is 0 Å². The number of likely N-dealkylation sites (N-methyl/N-ethyl adjacent to an activating group) is 1. The number of unbranched alkanes of at least 4 members (excludes halogenated alkanes) is 27. The Morgan fingerprint density at radius 1 is 0.600 bits per heavy atom. The van der Waals surface area contributed by atoms with Crippen LogP contribution in [0.25, 0.3) is 0 Å². The van der Waals surface area contributed by atoms with Crippen molar-refractivity contribution in [3.8, 4) is 0 Å². The van der Waals surface area contributed by atoms with Gasteiger partial charge < -0.3 is 19.8 Å². The first kappa shape index (κ1) is 54.0. The van der Waals surface area contributed by atoms with Gasteiger partial charge >= 0.3 is 7.82 Å². The largest absolute Gasteiger partial charge is 0.472 e. The Bertz CT molecular complexity index is 953. The highest BCUT2D eigenvalue weighted by Gasteiger charge is 2.27. The average Bonchev–Trinajstić information content (AvgIpc) is 3.13. The summed E-state index contributed by atoms with van der Waals surface area (Å²) in [6.07, 6.45) is 45.3. The van der Waals surface area contributed by atoms with Crippen LogP contribution in [0, 0.1) is 0 Å². The van der Waals surface area contributed by atoms with Crippen molar-refractivity contribution >= 4 is 13.7 Å². The van der Waals surface area contributed by atoms with Crippen molar-refractivity contribution in [3.05, 3.63) is 24.3 Å². The number of aliphatic hydroxyl groups is 1. The number of carbonyl (C=O) groups is 1. The molecule has 55 heavy (non-hydrogen) atoms. The zero-order valence-corrected chi connectivity index (χ0v) is 37.8. The second kappa shape index (κ2) is 38.5. The minimum Gasteiger partial charge on any atom is -0.387 e. The zero-order chi connectivity index (χ0) is 40.7. The number of rotatable bonds is 42. The van der Waals surface area contributed by atoms with Gasteiger partial charge in [0.1, 0.15) is 13.2 Å². The minimum absolute atomic E-state index is 0.0583. The Balaban J connectivity index is 4.40. The third-order valence-electron chi connectivity index (χ3n) is 10.4. The molecule has 0 spiro atoms. The van der Waals surface area contributed by atoms with E-state index in [2.05, 4.69) is 31.3 Å². The summed E-state index contributed by atoms with van der Waals surface area (Å²) in [5.74, 6) is -0.185. The molecule has 326 valence electrons. The molecule has 8 nitrogen and oxygen atoms in total. The number of phosphoric ester groups is 1. The number of aliphatic hydroxyl groups excluding tert-OH is 1. The quantitative estimate of drug-likeness (QED) is 0.0246. The highest BCUT2D eigenvalue weighted by atomic mass is 31.2. The summed E-state index contributed by atoms with van der Waals surface area (Å²) in [6.45, 7) is 4.80. The lowest BCUT2D eigenvalue weighted by Gasteiger charge is -2.25. The third-order valence-corrected chi connectivity index (χ3v) is 11.4. The predicted molar refractivity (Wildman–Crippen MR) is 235 cm³/mol. The first-order valence-electron chi connectivity index (χ1n) is 23.2. The van der Waals surface area contributed by atoms with Gasteiger partial charge in [0.05, 0.1) is 39.9 Å². The summed E-state index contributed by atoms with van der Waals surface area (Å²) in [4.78, 5) is 23.1. The number of quaternary nitrogens is 1. The Labute approximate surface area is 341 Å². The maximum atomic E-state index is 12.9. The lowest BCUT2D eigenvalue weighted by molar-refractivity contribution is -0.870. The molecule has 0 aliphatic rings. The van der Waals surface area contributed by atoms with Crippen molar-refractivity contribution in [1.82, 2.24) is 5.32 Å². The molecule has 0 bridgehead atoms. The first-order valence-corrected chi connectivity index (χ1v) is 24.7. The van der Waals surface area contributed by atoms with Crippen LogP contribution in [0.15, 0.2) is 24.3 Å². The molecule has 0 aliphatic carbocycles. The van der Waals surface area contributed by atoms with Crippen molar-refractivity contribution in [1.29, 1.82) is 0 Å². The second-order valence-electron chi connectivity index (χ2n) is 17.1. The first-order chi connectivity index (χ1) is 26.5. The summed E-state index contributed by atoms with van der Waals surface area (Å²) in [5, 5.41) is 13.8. The molecular formula is C46H92N2O6P+. The number of nitrogens with zero attached hydrogens (tertiary/aromatic N) is 1. The molecular weight excluding hydrogens is 707 g/mol. The van der Waals surface area contributed by atoms with Gasteiger partial charge in [-0.15, -0.1) is 0 Å². The van der Waals surface area contributed by atoms with Crippen LogP contribution in [0.4, 0.5) is 0 Å². The number of hydrogen-bond donors (Lipinski definition) is 3. The number of hydrogen-bond acceptors (Lipinski definition) is 5. The molecule has 0 rings (SSSR count). The summed E-state index contributed by atoms with van der Waals surface area (Å²) in [5.41, 5.74) is 0. The van der Waals surface area contributed by atoms with E-state index < -0.39 is 20.0 Å². The smallest absolute Gasteiger partial charge is 0.387 e. The Kier molecular flexibility index (Phi) is 37.8. The van der Waals surface area contributed by atoms with Gasteiger partial charge in [0.2, 0.25) is 5.91 Å². The highest BCUT2D eigenvalue weighted by molar-refractivity contribution is 7.47. The van der Waals surface area contributed by atoms with Crippen molar-refractivity contribution < 1.29 is 32.9 Å². The van der Waals surface area contributed by atoms with Crippen LogP contribution in [0.1, 0.15) is 213 Å². The predicted octanol–water partition coefficient (Wildman–Crippen LogP) is 12.9. The van der Waals surface area contributed by atoms with E-state index in [-0.39, 0.29) is 19.1 Å². The molecule has 0 fully saturated rings. The molecule has 0 heterocycles. The molecule has 9 heteroatoms. The van der Waals surface area contributed by atoms with E-state index in [1.807, 2.05) is 27.2 Å². The lowest BCUT2D eigenvalue weighted by Crippen LogP contribution is -2.45. The minimum atomic E-state index is -4.34. The average molecular weight is 800 g/mol. The summed E-state index contributed by atoms with van der Waals surface area (Å²) in [7, 11) is 1.56. The molecule has 1 amide bonds. The monoisotopic (exact) mass is 800 g/mol. The van der Waals surface area contributed by atoms with E-state index in [0.717, 1.165) is 38.5 Å². The lowest BCUT2D eigenvalue weighted by atomic mass is 10.0. The van der Waals surface area contributed by atoms with Crippen LogP contribution in [0.2, 0.25) is 0 Å². The fourth-order valence-corrected chi connectivity index (χ4v) is 7.44. The van der Waals surface area contributed by atoms with Gasteiger partial charge in [-0.05, 0) is 32.1 Å². The van der Waals surface area contributed by atoms with Crippen molar-refractivity contribution in [2.75, 3.05) is 40.9 Å². The van der Waals surface area contributed by atoms with Crippen LogP contribution < -0.4 is 5.32 Å². The topological polar surface area (TPSA) is 105 Å². The molecule has 3 N–H and O–H groups in total. The van der Waals surface area contributed by atoms with Gasteiger partial charge in [-0.3, -0.25) is 13.8 Å². The van der Waals surface area contributed by atoms with Gasteiger partial charge in [-0.1, -0.05) is 199 Å². The number of phosphoric acid groups is 1. The molecule has 0 aliphatic heterocycles. The SMILES string of the molecule is CCCCCCCCCCC/C=C/CC/C=C/[C@@H](O)[C@H](COP(=O)(O)OCC[N+](C)(C)C)NC(=O)CCCCCCCCCCCCCCCCCCCC. The number of allylic oxidation sites excluding steroid dienone is 3. The fraction of sp³-hybridized carbons (Fsp3) is 0.891. The molecule has 0 aromatic rings. The Hall–Kier alpha value is -1.02. The van der Waals surface area contributed by atoms with E-state index in [1.54, 1.807) is 6.08 Å². The van der Waals surface area contributed by atoms with E-state index in [1.165, 1.54) is 154 Å². The zero-order valence-electron chi connectivity index (χ0n) is 36.9. The molecule has 3 atom stereocenters. The fourth-order valence-electron chi connectivity index (χ4n) is 6.70. The van der Waals surface area contributed by atoms with Crippen LogP contribution in [0.3, 0.4) is 0 Å². The maximum Gasteiger partial charge on any atom is 0.472 e. The van der Waals surface area contributed by atoms with Gasteiger partial charge in [-0.25, -0.2) is 4.57 Å². The van der Waals surface area contributed by atoms with E-state index in [4.69, 9.17) is 9.05 Å². The number of amides is 1. The van der Waals surface area contributed by atoms with Crippen molar-refractivity contribution in [2.24, 2.45) is 0 Å². The van der Waals surface area contributed by atoms with Gasteiger partial charge in [0.15, 0.2) is 0 Å². The van der Waals surface area contributed by atoms with Crippen molar-refractivity contribution in [2.45, 2.75) is 225 Å². The summed E-state index contributed by atoms with van der Waals surface area (Å²) in [6, 6.07) is -0.857. The molecule has 0 saturated heterocycles. The third kappa shape index (κ3) is 41.0. The molecule has 0 radical (unpaired) electrons. The standard InChI is InChI=1S/C46H91N2O6P/c1-6-8-10-12-14-16-18-20-22-23-24-26-28-30-32-34-36-38-40-46(50)47-44(43-54-55(51,52)53-42-41-48(3,4)5)45(49)39-37-35-33-31-29-27-25-21-19-17-15-13-11-9-7-2/h29,31,37,39,44-45,49H,6-28,30,32-36,38,40-43H2,1-5H3,(H-,47,50,51,52)/p+1/b31-29+,39-37+/t44-,45+/m0/s1. The van der Waals surface area contributed by atoms with E-state index in [9.17, 15) is 19.4 Å². The summed E-state index contributed by atoms with van der Waals surface area (Å²) < 4.78 is 23.6. The molecule has 0 saturated carbocycles. The Morgan fingerprint density at radius 2 is 1.00 bits per heavy atom. The van der Waals surface area contributed by atoms with Crippen molar-refractivity contribution in [3.63, 3.8) is 0 Å². The van der Waals surface area contributed by atoms with E-state index >= 15 is 0 Å². The number of nitrogens with one attached hydrogen (secondary N) is 1. The second-order valence-corrected chi connectivity index (χ2v) is 18.6. The Morgan fingerprint density at radius 3 is 1.45 bits per heavy atom. The van der Waals surface area contributed by atoms with E-state index in [0.29, 0.717) is 17.4 Å². The van der Waals surface area contributed by atoms with Gasteiger partial charge in [0, 0.05) is 6.42 Å². The molecule has 1 unspecified atom stereocenters. The van der Waals surface area contributed by atoms with Gasteiger partial charge in [0.25, 0.3) is 0 Å². The van der Waals surface area contributed by atoms with Crippen LogP contribution in [-0.2, 0) is 18.4 Å². The molecule has 0 aromatic heterocycles. The summed E-state index contributed by atoms with van der Waals surface area (Å²) >= 11 is 0. The van der Waals surface area contributed by atoms with Crippen LogP contribution in [0.5, 0.6) is 0 Å². The normalized spacial score (nSPS) is 14.5. The van der Waals surface area contributed by atoms with Crippen LogP contribution >= 0.6 is 7.82 Å². The molecule has 0 aromatic carbocycles. The highest BCUT2D eigenvalue weighted by Crippen LogP contribution is 2.43.